The van der Waals surface area contributed by atoms with Gasteiger partial charge in [0.2, 0.25) is 0 Å². The first-order valence-electron chi connectivity index (χ1n) is 5.96. The molecule has 94 valence electrons. The maximum Gasteiger partial charge on any atom is 0.135 e. The maximum atomic E-state index is 13.6. The first-order valence-corrected chi connectivity index (χ1v) is 5.96. The molecule has 1 aromatic carbocycles. The van der Waals surface area contributed by atoms with Crippen LogP contribution in [0.3, 0.4) is 0 Å². The molecule has 0 bridgehead atoms. The van der Waals surface area contributed by atoms with Crippen molar-refractivity contribution in [1.82, 2.24) is 4.98 Å². The Kier molecular flexibility index (Phi) is 3.70. The van der Waals surface area contributed by atoms with Crippen molar-refractivity contribution < 1.29 is 8.78 Å². The monoisotopic (exact) mass is 247 g/mol. The second kappa shape index (κ2) is 5.25. The quantitative estimate of drug-likeness (QED) is 0.791. The van der Waals surface area contributed by atoms with Crippen LogP contribution in [0.15, 0.2) is 36.5 Å². The molecule has 2 aromatic rings. The van der Waals surface area contributed by atoms with E-state index in [1.807, 2.05) is 6.07 Å². The van der Waals surface area contributed by atoms with Gasteiger partial charge < -0.3 is 0 Å². The zero-order chi connectivity index (χ0) is 13.1. The predicted octanol–water partition coefficient (Wildman–Crippen LogP) is 4.23. The van der Waals surface area contributed by atoms with Crippen LogP contribution in [0, 0.1) is 17.6 Å². The Morgan fingerprint density at radius 3 is 2.44 bits per heavy atom. The molecular formula is C15H15F2N. The molecule has 3 heteroatoms. The first kappa shape index (κ1) is 12.7. The summed E-state index contributed by atoms with van der Waals surface area (Å²) in [5, 5.41) is 0. The minimum absolute atomic E-state index is 0.326. The Morgan fingerprint density at radius 2 is 1.89 bits per heavy atom. The molecule has 1 heterocycles. The average Bonchev–Trinajstić information content (AvgIpc) is 2.30. The summed E-state index contributed by atoms with van der Waals surface area (Å²) in [5.41, 5.74) is 1.98. The van der Waals surface area contributed by atoms with Gasteiger partial charge in [-0.25, -0.2) is 8.78 Å². The van der Waals surface area contributed by atoms with Crippen LogP contribution in [-0.2, 0) is 6.42 Å². The molecular weight excluding hydrogens is 232 g/mol. The van der Waals surface area contributed by atoms with E-state index in [0.717, 1.165) is 18.1 Å². The van der Waals surface area contributed by atoms with Crippen LogP contribution in [0.4, 0.5) is 8.78 Å². The van der Waals surface area contributed by atoms with Crippen LogP contribution in [0.5, 0.6) is 0 Å². The van der Waals surface area contributed by atoms with Gasteiger partial charge in [0.15, 0.2) is 0 Å². The SMILES string of the molecule is CC(C)Cc1ccc(-c2ccc(F)cc2F)nc1. The summed E-state index contributed by atoms with van der Waals surface area (Å²) >= 11 is 0. The number of nitrogens with zero attached hydrogens (tertiary/aromatic N) is 1. The third-order valence-electron chi connectivity index (χ3n) is 2.68. The summed E-state index contributed by atoms with van der Waals surface area (Å²) in [7, 11) is 0. The van der Waals surface area contributed by atoms with Gasteiger partial charge in [-0.15, -0.1) is 0 Å². The number of hydrogen-bond acceptors (Lipinski definition) is 1. The molecule has 18 heavy (non-hydrogen) atoms. The van der Waals surface area contributed by atoms with Crippen molar-refractivity contribution in [1.29, 1.82) is 0 Å². The van der Waals surface area contributed by atoms with E-state index < -0.39 is 11.6 Å². The van der Waals surface area contributed by atoms with E-state index in [-0.39, 0.29) is 0 Å². The van der Waals surface area contributed by atoms with Crippen LogP contribution in [0.1, 0.15) is 19.4 Å². The number of pyridine rings is 1. The number of hydrogen-bond donors (Lipinski definition) is 0. The molecule has 0 saturated carbocycles. The molecule has 0 unspecified atom stereocenters. The lowest BCUT2D eigenvalue weighted by atomic mass is 10.0. The maximum absolute atomic E-state index is 13.6. The minimum Gasteiger partial charge on any atom is -0.256 e. The fourth-order valence-corrected chi connectivity index (χ4v) is 1.87. The predicted molar refractivity (Wildman–Crippen MR) is 68.1 cm³/mol. The van der Waals surface area contributed by atoms with E-state index in [2.05, 4.69) is 18.8 Å². The van der Waals surface area contributed by atoms with E-state index in [0.29, 0.717) is 17.2 Å². The molecule has 2 rings (SSSR count). The van der Waals surface area contributed by atoms with Crippen molar-refractivity contribution in [2.45, 2.75) is 20.3 Å². The smallest absolute Gasteiger partial charge is 0.135 e. The molecule has 0 amide bonds. The van der Waals surface area contributed by atoms with Gasteiger partial charge in [-0.3, -0.25) is 4.98 Å². The van der Waals surface area contributed by atoms with Crippen molar-refractivity contribution >= 4 is 0 Å². The Morgan fingerprint density at radius 1 is 1.11 bits per heavy atom. The standard InChI is InChI=1S/C15H15F2N/c1-10(2)7-11-3-6-15(18-9-11)13-5-4-12(16)8-14(13)17/h3-6,8-10H,7H2,1-2H3. The van der Waals surface area contributed by atoms with Gasteiger partial charge >= 0.3 is 0 Å². The topological polar surface area (TPSA) is 12.9 Å². The van der Waals surface area contributed by atoms with E-state index in [1.54, 1.807) is 12.3 Å². The summed E-state index contributed by atoms with van der Waals surface area (Å²) in [4.78, 5) is 4.23. The highest BCUT2D eigenvalue weighted by Gasteiger charge is 2.07. The third-order valence-corrected chi connectivity index (χ3v) is 2.68. The lowest BCUT2D eigenvalue weighted by molar-refractivity contribution is 0.585. The van der Waals surface area contributed by atoms with Gasteiger partial charge in [-0.05, 0) is 36.1 Å². The zero-order valence-electron chi connectivity index (χ0n) is 10.5. The Hall–Kier alpha value is -1.77. The Bertz CT molecular complexity index is 533. The highest BCUT2D eigenvalue weighted by atomic mass is 19.1. The number of benzene rings is 1. The Balaban J connectivity index is 2.28. The van der Waals surface area contributed by atoms with Crippen LogP contribution in [0.2, 0.25) is 0 Å². The van der Waals surface area contributed by atoms with Crippen LogP contribution in [0.25, 0.3) is 11.3 Å². The van der Waals surface area contributed by atoms with Crippen LogP contribution < -0.4 is 0 Å². The van der Waals surface area contributed by atoms with Gasteiger partial charge in [0.05, 0.1) is 5.69 Å². The lowest BCUT2D eigenvalue weighted by Gasteiger charge is -2.06. The fourth-order valence-electron chi connectivity index (χ4n) is 1.87. The van der Waals surface area contributed by atoms with Crippen LogP contribution in [-0.4, -0.2) is 4.98 Å². The molecule has 1 nitrogen and oxygen atoms in total. The fraction of sp³-hybridized carbons (Fsp3) is 0.267. The highest BCUT2D eigenvalue weighted by Crippen LogP contribution is 2.22. The van der Waals surface area contributed by atoms with Gasteiger partial charge in [0.25, 0.3) is 0 Å². The van der Waals surface area contributed by atoms with Gasteiger partial charge in [0, 0.05) is 17.8 Å². The number of rotatable bonds is 3. The largest absolute Gasteiger partial charge is 0.256 e. The highest BCUT2D eigenvalue weighted by molar-refractivity contribution is 5.59. The second-order valence-corrected chi connectivity index (χ2v) is 4.77. The van der Waals surface area contributed by atoms with Gasteiger partial charge in [-0.2, -0.15) is 0 Å². The molecule has 0 aliphatic carbocycles. The molecule has 0 N–H and O–H groups in total. The molecule has 0 aliphatic rings. The normalized spacial score (nSPS) is 10.9. The average molecular weight is 247 g/mol. The van der Waals surface area contributed by atoms with Gasteiger partial charge in [-0.1, -0.05) is 19.9 Å². The van der Waals surface area contributed by atoms with Crippen molar-refractivity contribution in [2.24, 2.45) is 5.92 Å². The number of aromatic nitrogens is 1. The van der Waals surface area contributed by atoms with Crippen molar-refractivity contribution in [3.05, 3.63) is 53.7 Å². The molecule has 0 atom stereocenters. The summed E-state index contributed by atoms with van der Waals surface area (Å²) < 4.78 is 26.4. The van der Waals surface area contributed by atoms with Crippen molar-refractivity contribution in [2.75, 3.05) is 0 Å². The molecule has 0 aliphatic heterocycles. The number of halogens is 2. The molecule has 1 aromatic heterocycles. The minimum atomic E-state index is -0.584. The molecule has 0 radical (unpaired) electrons. The van der Waals surface area contributed by atoms with E-state index >= 15 is 0 Å². The molecule has 0 spiro atoms. The lowest BCUT2D eigenvalue weighted by Crippen LogP contribution is -1.96. The van der Waals surface area contributed by atoms with E-state index in [4.69, 9.17) is 0 Å². The van der Waals surface area contributed by atoms with Crippen LogP contribution >= 0.6 is 0 Å². The summed E-state index contributed by atoms with van der Waals surface area (Å²) in [5.74, 6) is -0.605. The summed E-state index contributed by atoms with van der Waals surface area (Å²) in [6.45, 7) is 4.26. The van der Waals surface area contributed by atoms with Gasteiger partial charge in [0.1, 0.15) is 11.6 Å². The van der Waals surface area contributed by atoms with E-state index in [9.17, 15) is 8.78 Å². The van der Waals surface area contributed by atoms with Crippen molar-refractivity contribution in [3.8, 4) is 11.3 Å². The van der Waals surface area contributed by atoms with E-state index in [1.165, 1.54) is 12.1 Å². The Labute approximate surface area is 105 Å². The molecule has 0 fully saturated rings. The summed E-state index contributed by atoms with van der Waals surface area (Å²) in [6, 6.07) is 7.23. The molecule has 0 saturated heterocycles. The summed E-state index contributed by atoms with van der Waals surface area (Å²) in [6.07, 6.45) is 2.69. The zero-order valence-corrected chi connectivity index (χ0v) is 10.5. The van der Waals surface area contributed by atoms with Crippen molar-refractivity contribution in [3.63, 3.8) is 0 Å². The third kappa shape index (κ3) is 2.92. The first-order chi connectivity index (χ1) is 8.56. The second-order valence-electron chi connectivity index (χ2n) is 4.77.